The minimum Gasteiger partial charge on any atom is -0.483 e. The molecule has 0 bridgehead atoms. The Balaban J connectivity index is 2.62. The van der Waals surface area contributed by atoms with E-state index in [1.807, 2.05) is 32.0 Å². The van der Waals surface area contributed by atoms with Crippen LogP contribution in [0.1, 0.15) is 11.1 Å². The van der Waals surface area contributed by atoms with Crippen LogP contribution < -0.4 is 10.6 Å². The van der Waals surface area contributed by atoms with Gasteiger partial charge in [-0.15, -0.1) is 0 Å². The first-order valence-electron chi connectivity index (χ1n) is 4.72. The molecular weight excluding hydrogens is 192 g/mol. The van der Waals surface area contributed by atoms with Crippen LogP contribution in [0.3, 0.4) is 0 Å². The van der Waals surface area contributed by atoms with Crippen molar-refractivity contribution >= 4 is 5.91 Å². The first-order chi connectivity index (χ1) is 7.00. The number of ether oxygens (including phenoxy) is 1. The topological polar surface area (TPSA) is 55.6 Å². The van der Waals surface area contributed by atoms with Crippen molar-refractivity contribution in [2.24, 2.45) is 5.84 Å². The molecule has 0 radical (unpaired) electrons. The van der Waals surface area contributed by atoms with Gasteiger partial charge in [-0.3, -0.25) is 9.80 Å². The lowest BCUT2D eigenvalue weighted by molar-refractivity contribution is -0.132. The van der Waals surface area contributed by atoms with Crippen molar-refractivity contribution in [3.63, 3.8) is 0 Å². The fourth-order valence-electron chi connectivity index (χ4n) is 1.20. The van der Waals surface area contributed by atoms with Crippen molar-refractivity contribution in [2.45, 2.75) is 13.8 Å². The molecule has 0 aliphatic heterocycles. The first-order valence-corrected chi connectivity index (χ1v) is 4.72. The van der Waals surface area contributed by atoms with Gasteiger partial charge >= 0.3 is 0 Å². The number of rotatable bonds is 3. The summed E-state index contributed by atoms with van der Waals surface area (Å²) in [6.07, 6.45) is 0. The molecule has 0 aliphatic rings. The van der Waals surface area contributed by atoms with Gasteiger partial charge < -0.3 is 4.74 Å². The Kier molecular flexibility index (Phi) is 3.68. The Morgan fingerprint density at radius 2 is 2.13 bits per heavy atom. The van der Waals surface area contributed by atoms with Crippen molar-refractivity contribution in [2.75, 3.05) is 13.7 Å². The average molecular weight is 208 g/mol. The summed E-state index contributed by atoms with van der Waals surface area (Å²) in [6, 6.07) is 5.80. The maximum Gasteiger partial charge on any atom is 0.274 e. The highest BCUT2D eigenvalue weighted by atomic mass is 16.5. The molecule has 0 saturated carbocycles. The standard InChI is InChI=1S/C11H16N2O2/c1-8-4-5-10(9(2)6-8)15-7-11(14)13(3)12/h4-6H,7,12H2,1-3H3. The lowest BCUT2D eigenvalue weighted by Gasteiger charge is -2.12. The number of carbonyl (C=O) groups is 1. The minimum absolute atomic E-state index is 0.0309. The molecule has 1 amide bonds. The van der Waals surface area contributed by atoms with Gasteiger partial charge in [0.1, 0.15) is 5.75 Å². The Bertz CT molecular complexity index is 362. The van der Waals surface area contributed by atoms with Crippen LogP contribution in [0.2, 0.25) is 0 Å². The van der Waals surface area contributed by atoms with E-state index in [1.165, 1.54) is 12.6 Å². The third kappa shape index (κ3) is 3.25. The minimum atomic E-state index is -0.255. The molecule has 82 valence electrons. The maximum atomic E-state index is 11.2. The van der Waals surface area contributed by atoms with Crippen LogP contribution in [-0.4, -0.2) is 24.6 Å². The van der Waals surface area contributed by atoms with Crippen LogP contribution in [0.15, 0.2) is 18.2 Å². The van der Waals surface area contributed by atoms with E-state index in [0.29, 0.717) is 0 Å². The Hall–Kier alpha value is -1.55. The largest absolute Gasteiger partial charge is 0.483 e. The molecule has 4 heteroatoms. The number of hydrogen-bond acceptors (Lipinski definition) is 3. The average Bonchev–Trinajstić information content (AvgIpc) is 2.15. The van der Waals surface area contributed by atoms with E-state index in [4.69, 9.17) is 10.6 Å². The number of hydrazine groups is 1. The van der Waals surface area contributed by atoms with E-state index < -0.39 is 0 Å². The normalized spacial score (nSPS) is 9.87. The molecule has 0 fully saturated rings. The molecule has 0 unspecified atom stereocenters. The monoisotopic (exact) mass is 208 g/mol. The van der Waals surface area contributed by atoms with Gasteiger partial charge in [0, 0.05) is 7.05 Å². The Morgan fingerprint density at radius 3 is 2.67 bits per heavy atom. The number of benzene rings is 1. The molecule has 0 aromatic heterocycles. The van der Waals surface area contributed by atoms with E-state index in [2.05, 4.69) is 0 Å². The van der Waals surface area contributed by atoms with Gasteiger partial charge in [0.25, 0.3) is 5.91 Å². The molecule has 2 N–H and O–H groups in total. The summed E-state index contributed by atoms with van der Waals surface area (Å²) < 4.78 is 5.34. The van der Waals surface area contributed by atoms with Gasteiger partial charge in [0.05, 0.1) is 0 Å². The first kappa shape index (κ1) is 11.5. The second-order valence-corrected chi connectivity index (χ2v) is 3.56. The van der Waals surface area contributed by atoms with Crippen LogP contribution in [0, 0.1) is 13.8 Å². The van der Waals surface area contributed by atoms with E-state index in [1.54, 1.807) is 0 Å². The van der Waals surface area contributed by atoms with Gasteiger partial charge in [0.2, 0.25) is 0 Å². The number of amides is 1. The van der Waals surface area contributed by atoms with Crippen LogP contribution >= 0.6 is 0 Å². The van der Waals surface area contributed by atoms with Crippen molar-refractivity contribution in [1.82, 2.24) is 5.01 Å². The number of hydrogen-bond donors (Lipinski definition) is 1. The van der Waals surface area contributed by atoms with E-state index in [-0.39, 0.29) is 12.5 Å². The van der Waals surface area contributed by atoms with Gasteiger partial charge in [0.15, 0.2) is 6.61 Å². The van der Waals surface area contributed by atoms with Crippen LogP contribution in [0.25, 0.3) is 0 Å². The molecule has 1 aromatic carbocycles. The van der Waals surface area contributed by atoms with E-state index in [0.717, 1.165) is 16.3 Å². The fraction of sp³-hybridized carbons (Fsp3) is 0.364. The summed E-state index contributed by atoms with van der Waals surface area (Å²) in [5.41, 5.74) is 2.18. The van der Waals surface area contributed by atoms with Crippen LogP contribution in [-0.2, 0) is 4.79 Å². The third-order valence-electron chi connectivity index (χ3n) is 2.07. The summed E-state index contributed by atoms with van der Waals surface area (Å²) >= 11 is 0. The smallest absolute Gasteiger partial charge is 0.274 e. The molecule has 0 aliphatic carbocycles. The molecule has 1 aromatic rings. The molecule has 0 heterocycles. The lowest BCUT2D eigenvalue weighted by Crippen LogP contribution is -2.36. The molecule has 1 rings (SSSR count). The zero-order valence-electron chi connectivity index (χ0n) is 9.28. The molecule has 0 atom stereocenters. The highest BCUT2D eigenvalue weighted by molar-refractivity contribution is 5.76. The predicted molar refractivity (Wildman–Crippen MR) is 58.4 cm³/mol. The summed E-state index contributed by atoms with van der Waals surface area (Å²) in [7, 11) is 1.49. The number of nitrogens with zero attached hydrogens (tertiary/aromatic N) is 1. The van der Waals surface area contributed by atoms with Crippen molar-refractivity contribution < 1.29 is 9.53 Å². The number of nitrogens with two attached hydrogens (primary N) is 1. The lowest BCUT2D eigenvalue weighted by atomic mass is 10.1. The van der Waals surface area contributed by atoms with Crippen LogP contribution in [0.4, 0.5) is 0 Å². The highest BCUT2D eigenvalue weighted by Crippen LogP contribution is 2.18. The summed E-state index contributed by atoms with van der Waals surface area (Å²) in [5, 5.41) is 1.02. The summed E-state index contributed by atoms with van der Waals surface area (Å²) in [4.78, 5) is 11.2. The number of carbonyl (C=O) groups excluding carboxylic acids is 1. The van der Waals surface area contributed by atoms with Gasteiger partial charge in [-0.05, 0) is 25.5 Å². The van der Waals surface area contributed by atoms with Crippen molar-refractivity contribution in [1.29, 1.82) is 0 Å². The second kappa shape index (κ2) is 4.79. The maximum absolute atomic E-state index is 11.2. The molecule has 0 saturated heterocycles. The van der Waals surface area contributed by atoms with E-state index in [9.17, 15) is 4.79 Å². The van der Waals surface area contributed by atoms with Crippen molar-refractivity contribution in [3.8, 4) is 5.75 Å². The van der Waals surface area contributed by atoms with E-state index >= 15 is 0 Å². The summed E-state index contributed by atoms with van der Waals surface area (Å²) in [5.74, 6) is 5.73. The van der Waals surface area contributed by atoms with Crippen LogP contribution in [0.5, 0.6) is 5.75 Å². The SMILES string of the molecule is Cc1ccc(OCC(=O)N(C)N)c(C)c1. The molecular formula is C11H16N2O2. The molecule has 15 heavy (non-hydrogen) atoms. The summed E-state index contributed by atoms with van der Waals surface area (Å²) in [6.45, 7) is 3.92. The second-order valence-electron chi connectivity index (χ2n) is 3.56. The van der Waals surface area contributed by atoms with Gasteiger partial charge in [-0.1, -0.05) is 17.7 Å². The zero-order valence-corrected chi connectivity index (χ0v) is 9.28. The molecule has 4 nitrogen and oxygen atoms in total. The third-order valence-corrected chi connectivity index (χ3v) is 2.07. The fourth-order valence-corrected chi connectivity index (χ4v) is 1.20. The zero-order chi connectivity index (χ0) is 11.4. The molecule has 0 spiro atoms. The van der Waals surface area contributed by atoms with Crippen molar-refractivity contribution in [3.05, 3.63) is 29.3 Å². The van der Waals surface area contributed by atoms with Gasteiger partial charge in [-0.2, -0.15) is 0 Å². The Labute approximate surface area is 89.6 Å². The Morgan fingerprint density at radius 1 is 1.47 bits per heavy atom. The van der Waals surface area contributed by atoms with Gasteiger partial charge in [-0.25, -0.2) is 5.84 Å². The number of aryl methyl sites for hydroxylation is 2. The highest BCUT2D eigenvalue weighted by Gasteiger charge is 2.06. The number of likely N-dealkylation sites (N-methyl/N-ethyl adjacent to an activating group) is 1. The predicted octanol–water partition coefficient (Wildman–Crippen LogP) is 1.01. The quantitative estimate of drug-likeness (QED) is 0.458.